The van der Waals surface area contributed by atoms with Gasteiger partial charge < -0.3 is 26.5 Å². The molecule has 1 N–H and O–H groups in total. The van der Waals surface area contributed by atoms with E-state index in [0.717, 1.165) is 13.0 Å². The zero-order chi connectivity index (χ0) is 14.9. The predicted octanol–water partition coefficient (Wildman–Crippen LogP) is -2.93. The van der Waals surface area contributed by atoms with E-state index in [2.05, 4.69) is 32.1 Å². The van der Waals surface area contributed by atoms with Crippen LogP contribution in [0.25, 0.3) is 0 Å². The van der Waals surface area contributed by atoms with Crippen LogP contribution in [0.4, 0.5) is 0 Å². The van der Waals surface area contributed by atoms with Crippen LogP contribution in [-0.4, -0.2) is 39.8 Å². The van der Waals surface area contributed by atoms with Crippen LogP contribution < -0.4 is 26.3 Å². The molecule has 0 bridgehead atoms. The topological polar surface area (TPSA) is 93.9 Å². The molecular formula is C13H18BrN5O3. The number of H-pyrrole nitrogens is 1. The van der Waals surface area contributed by atoms with Gasteiger partial charge in [-0.2, -0.15) is 5.21 Å². The third-order valence-corrected chi connectivity index (χ3v) is 2.68. The Bertz CT molecular complexity index is 547. The molecule has 8 nitrogen and oxygen atoms in total. The standard InChI is InChI=1S/C13H18N5O3.BrH/c1-2-6-18-7-3-11(4-8-18)21-10-13(19)20-9-5-12-14-16-17-15-12;/h3-4,7-8H,2,5-6,9-10H2,1H3,(H,14,15,16,17);1H/q+1;/p-1. The highest BCUT2D eigenvalue weighted by molar-refractivity contribution is 5.71. The Labute approximate surface area is 138 Å². The number of pyridine rings is 1. The van der Waals surface area contributed by atoms with Gasteiger partial charge in [0.15, 0.2) is 24.8 Å². The minimum absolute atomic E-state index is 0. The molecule has 0 saturated carbocycles. The molecule has 0 fully saturated rings. The van der Waals surface area contributed by atoms with Gasteiger partial charge in [-0.15, -0.1) is 10.2 Å². The molecule has 0 radical (unpaired) electrons. The molecule has 2 rings (SSSR count). The maximum atomic E-state index is 11.5. The summed E-state index contributed by atoms with van der Waals surface area (Å²) < 4.78 is 12.4. The number of aromatic nitrogens is 5. The molecule has 2 aromatic heterocycles. The van der Waals surface area contributed by atoms with Gasteiger partial charge in [-0.1, -0.05) is 12.1 Å². The van der Waals surface area contributed by atoms with Crippen molar-refractivity contribution in [3.63, 3.8) is 0 Å². The van der Waals surface area contributed by atoms with Crippen molar-refractivity contribution in [3.05, 3.63) is 30.4 Å². The zero-order valence-electron chi connectivity index (χ0n) is 12.2. The monoisotopic (exact) mass is 371 g/mol. The Balaban J connectivity index is 0.00000242. The molecule has 120 valence electrons. The van der Waals surface area contributed by atoms with E-state index < -0.39 is 5.97 Å². The number of aromatic amines is 1. The summed E-state index contributed by atoms with van der Waals surface area (Å²) in [6, 6.07) is 3.64. The number of tetrazole rings is 1. The summed E-state index contributed by atoms with van der Waals surface area (Å²) in [7, 11) is 0. The summed E-state index contributed by atoms with van der Waals surface area (Å²) in [5.41, 5.74) is 0. The van der Waals surface area contributed by atoms with E-state index in [-0.39, 0.29) is 30.2 Å². The number of rotatable bonds is 8. The van der Waals surface area contributed by atoms with E-state index in [4.69, 9.17) is 9.47 Å². The largest absolute Gasteiger partial charge is 1.00 e. The lowest BCUT2D eigenvalue weighted by Gasteiger charge is -2.05. The highest BCUT2D eigenvalue weighted by Gasteiger charge is 2.07. The summed E-state index contributed by atoms with van der Waals surface area (Å²) in [6.07, 6.45) is 5.32. The lowest BCUT2D eigenvalue weighted by atomic mass is 10.4. The molecule has 0 amide bonds. The van der Waals surface area contributed by atoms with Gasteiger partial charge in [0, 0.05) is 25.0 Å². The van der Waals surface area contributed by atoms with Crippen LogP contribution in [0.3, 0.4) is 0 Å². The quantitative estimate of drug-likeness (QED) is 0.394. The average Bonchev–Trinajstić information content (AvgIpc) is 3.00. The van der Waals surface area contributed by atoms with E-state index in [1.165, 1.54) is 0 Å². The van der Waals surface area contributed by atoms with Crippen LogP contribution in [0, 0.1) is 0 Å². The Morgan fingerprint density at radius 2 is 2.14 bits per heavy atom. The predicted molar refractivity (Wildman–Crippen MR) is 71.3 cm³/mol. The van der Waals surface area contributed by atoms with Gasteiger partial charge in [0.1, 0.15) is 12.3 Å². The van der Waals surface area contributed by atoms with Gasteiger partial charge in [-0.05, 0) is 0 Å². The molecule has 0 spiro atoms. The fourth-order valence-electron chi connectivity index (χ4n) is 1.68. The number of aryl methyl sites for hydroxylation is 1. The number of carbonyl (C=O) groups is 1. The van der Waals surface area contributed by atoms with Crippen LogP contribution in [0.5, 0.6) is 5.75 Å². The molecule has 2 aromatic rings. The lowest BCUT2D eigenvalue weighted by molar-refractivity contribution is -0.697. The van der Waals surface area contributed by atoms with Gasteiger partial charge in [-0.25, -0.2) is 9.36 Å². The summed E-state index contributed by atoms with van der Waals surface area (Å²) in [5, 5.41) is 13.3. The van der Waals surface area contributed by atoms with E-state index in [1.807, 2.05) is 24.5 Å². The molecule has 0 aliphatic heterocycles. The molecule has 0 unspecified atom stereocenters. The van der Waals surface area contributed by atoms with Crippen molar-refractivity contribution in [1.82, 2.24) is 20.6 Å². The van der Waals surface area contributed by atoms with Gasteiger partial charge in [0.25, 0.3) is 0 Å². The van der Waals surface area contributed by atoms with Gasteiger partial charge in [0.2, 0.25) is 0 Å². The van der Waals surface area contributed by atoms with Gasteiger partial charge in [-0.3, -0.25) is 0 Å². The first-order chi connectivity index (χ1) is 10.3. The minimum Gasteiger partial charge on any atom is -1.00 e. The summed E-state index contributed by atoms with van der Waals surface area (Å²) in [6.45, 7) is 3.15. The van der Waals surface area contributed by atoms with Crippen LogP contribution in [0.2, 0.25) is 0 Å². The highest BCUT2D eigenvalue weighted by atomic mass is 79.9. The van der Waals surface area contributed by atoms with Crippen molar-refractivity contribution in [3.8, 4) is 5.75 Å². The first-order valence-corrected chi connectivity index (χ1v) is 6.78. The summed E-state index contributed by atoms with van der Waals surface area (Å²) in [4.78, 5) is 11.5. The Morgan fingerprint density at radius 3 is 2.77 bits per heavy atom. The number of hydrogen-bond donors (Lipinski definition) is 1. The molecule has 0 aliphatic carbocycles. The second-order valence-electron chi connectivity index (χ2n) is 4.36. The second kappa shape index (κ2) is 9.82. The summed E-state index contributed by atoms with van der Waals surface area (Å²) >= 11 is 0. The number of halogens is 1. The van der Waals surface area contributed by atoms with Crippen LogP contribution in [-0.2, 0) is 22.5 Å². The van der Waals surface area contributed by atoms with E-state index in [0.29, 0.717) is 18.0 Å². The average molecular weight is 372 g/mol. The number of ether oxygens (including phenoxy) is 2. The Morgan fingerprint density at radius 1 is 1.36 bits per heavy atom. The zero-order valence-corrected chi connectivity index (χ0v) is 13.8. The third-order valence-electron chi connectivity index (χ3n) is 2.68. The Hall–Kier alpha value is -2.03. The number of hydrogen-bond acceptors (Lipinski definition) is 6. The normalized spacial score (nSPS) is 9.86. The minimum atomic E-state index is -0.427. The van der Waals surface area contributed by atoms with Crippen molar-refractivity contribution in [2.45, 2.75) is 26.3 Å². The highest BCUT2D eigenvalue weighted by Crippen LogP contribution is 2.06. The number of nitrogens with one attached hydrogen (secondary N) is 1. The van der Waals surface area contributed by atoms with Gasteiger partial charge >= 0.3 is 5.97 Å². The van der Waals surface area contributed by atoms with Crippen LogP contribution >= 0.6 is 0 Å². The van der Waals surface area contributed by atoms with Crippen molar-refractivity contribution in [2.75, 3.05) is 13.2 Å². The van der Waals surface area contributed by atoms with E-state index in [9.17, 15) is 4.79 Å². The van der Waals surface area contributed by atoms with Crippen LogP contribution in [0.15, 0.2) is 24.5 Å². The maximum Gasteiger partial charge on any atom is 0.344 e. The fraction of sp³-hybridized carbons (Fsp3) is 0.462. The van der Waals surface area contributed by atoms with Crippen LogP contribution in [0.1, 0.15) is 19.2 Å². The van der Waals surface area contributed by atoms with Crippen molar-refractivity contribution >= 4 is 5.97 Å². The number of carbonyl (C=O) groups excluding carboxylic acids is 1. The molecule has 22 heavy (non-hydrogen) atoms. The van der Waals surface area contributed by atoms with Crippen molar-refractivity contribution < 1.29 is 35.8 Å². The smallest absolute Gasteiger partial charge is 0.344 e. The SMILES string of the molecule is CCC[n+]1ccc(OCC(=O)OCCc2nn[nH]n2)cc1.[Br-]. The molecule has 0 aliphatic rings. The lowest BCUT2D eigenvalue weighted by Crippen LogP contribution is -3.00. The van der Waals surface area contributed by atoms with E-state index >= 15 is 0 Å². The molecular weight excluding hydrogens is 354 g/mol. The second-order valence-corrected chi connectivity index (χ2v) is 4.36. The molecule has 9 heteroatoms. The molecule has 2 heterocycles. The number of esters is 1. The molecule has 0 saturated heterocycles. The molecule has 0 atom stereocenters. The third kappa shape index (κ3) is 6.17. The first kappa shape index (κ1) is 18.0. The maximum absolute atomic E-state index is 11.5. The van der Waals surface area contributed by atoms with E-state index in [1.54, 1.807) is 0 Å². The van der Waals surface area contributed by atoms with Crippen molar-refractivity contribution in [2.24, 2.45) is 0 Å². The molecule has 0 aromatic carbocycles. The Kier molecular flexibility index (Phi) is 8.05. The summed E-state index contributed by atoms with van der Waals surface area (Å²) in [5.74, 6) is 0.716. The first-order valence-electron chi connectivity index (χ1n) is 6.78. The van der Waals surface area contributed by atoms with Gasteiger partial charge in [0.05, 0.1) is 6.61 Å². The fourth-order valence-corrected chi connectivity index (χ4v) is 1.68. The van der Waals surface area contributed by atoms with Crippen molar-refractivity contribution in [1.29, 1.82) is 0 Å². The number of nitrogens with zero attached hydrogens (tertiary/aromatic N) is 4.